The first kappa shape index (κ1) is 27.9. The van der Waals surface area contributed by atoms with E-state index in [2.05, 4.69) is 20.9 Å². The quantitative estimate of drug-likeness (QED) is 0.226. The van der Waals surface area contributed by atoms with Crippen molar-refractivity contribution >= 4 is 51.6 Å². The molecule has 3 N–H and O–H groups in total. The largest absolute Gasteiger partial charge is 0.340 e. The highest BCUT2D eigenvalue weighted by molar-refractivity contribution is 8.13. The molecule has 1 fully saturated rings. The Balaban J connectivity index is 1.36. The van der Waals surface area contributed by atoms with E-state index in [1.165, 1.54) is 24.3 Å². The number of nitrogens with one attached hydrogen (secondary N) is 3. The number of anilines is 3. The van der Waals surface area contributed by atoms with Gasteiger partial charge in [-0.05, 0) is 68.7 Å². The summed E-state index contributed by atoms with van der Waals surface area (Å²) in [6, 6.07) is 18.1. The van der Waals surface area contributed by atoms with Crippen molar-refractivity contribution in [1.82, 2.24) is 4.90 Å². The predicted molar refractivity (Wildman–Crippen MR) is 163 cm³/mol. The summed E-state index contributed by atoms with van der Waals surface area (Å²) in [5.74, 6) is 0.786. The lowest BCUT2D eigenvalue weighted by atomic mass is 9.93. The van der Waals surface area contributed by atoms with Crippen molar-refractivity contribution in [3.05, 3.63) is 105 Å². The van der Waals surface area contributed by atoms with E-state index in [0.29, 0.717) is 22.6 Å². The number of nitrogens with zero attached hydrogens (tertiary/aromatic N) is 3. The summed E-state index contributed by atoms with van der Waals surface area (Å²) in [7, 11) is 0. The number of amidine groups is 1. The van der Waals surface area contributed by atoms with E-state index in [9.17, 15) is 19.7 Å². The lowest BCUT2D eigenvalue weighted by Gasteiger charge is -2.41. The third kappa shape index (κ3) is 6.25. The normalized spacial score (nSPS) is 16.4. The van der Waals surface area contributed by atoms with Crippen molar-refractivity contribution in [3.8, 4) is 0 Å². The van der Waals surface area contributed by atoms with Crippen LogP contribution in [0.5, 0.6) is 0 Å². The molecule has 210 valence electrons. The minimum absolute atomic E-state index is 0.0547. The molecule has 10 nitrogen and oxygen atoms in total. The van der Waals surface area contributed by atoms with Crippen LogP contribution in [0.25, 0.3) is 0 Å². The van der Waals surface area contributed by atoms with Crippen molar-refractivity contribution in [2.24, 2.45) is 4.99 Å². The molecule has 2 aliphatic rings. The Morgan fingerprint density at radius 2 is 1.61 bits per heavy atom. The fourth-order valence-electron chi connectivity index (χ4n) is 4.96. The van der Waals surface area contributed by atoms with Crippen molar-refractivity contribution < 1.29 is 14.5 Å². The van der Waals surface area contributed by atoms with E-state index in [1.54, 1.807) is 23.9 Å². The molecular weight excluding hydrogens is 540 g/mol. The molecule has 3 amide bonds. The minimum Gasteiger partial charge on any atom is -0.340 e. The molecule has 41 heavy (non-hydrogen) atoms. The molecule has 0 aromatic heterocycles. The monoisotopic (exact) mass is 570 g/mol. The Kier molecular flexibility index (Phi) is 8.06. The number of benzene rings is 3. The summed E-state index contributed by atoms with van der Waals surface area (Å²) in [6.07, 6.45) is 0.980. The summed E-state index contributed by atoms with van der Waals surface area (Å²) >= 11 is 1.69. The highest BCUT2D eigenvalue weighted by atomic mass is 32.2. The summed E-state index contributed by atoms with van der Waals surface area (Å²) < 4.78 is 0. The first-order chi connectivity index (χ1) is 19.7. The maximum atomic E-state index is 13.7. The Morgan fingerprint density at radius 3 is 2.24 bits per heavy atom. The Bertz CT molecular complexity index is 1570. The van der Waals surface area contributed by atoms with Gasteiger partial charge in [-0.25, -0.2) is 9.79 Å². The lowest BCUT2D eigenvalue weighted by molar-refractivity contribution is -0.384. The van der Waals surface area contributed by atoms with Crippen LogP contribution in [0.4, 0.5) is 27.5 Å². The number of fused-ring (bicyclic) bond motifs is 1. The second kappa shape index (κ2) is 11.8. The van der Waals surface area contributed by atoms with Gasteiger partial charge in [0.2, 0.25) is 0 Å². The molecule has 5 rings (SSSR count). The van der Waals surface area contributed by atoms with Gasteiger partial charge in [-0.15, -0.1) is 0 Å². The Morgan fingerprint density at radius 1 is 0.951 bits per heavy atom. The highest BCUT2D eigenvalue weighted by Gasteiger charge is 2.37. The average molecular weight is 571 g/mol. The number of aliphatic imine (C=N–C) groups is 1. The molecule has 2 heterocycles. The van der Waals surface area contributed by atoms with Crippen LogP contribution >= 0.6 is 11.8 Å². The van der Waals surface area contributed by atoms with E-state index in [4.69, 9.17) is 4.99 Å². The maximum absolute atomic E-state index is 13.7. The van der Waals surface area contributed by atoms with Gasteiger partial charge in [0.25, 0.3) is 11.6 Å². The molecule has 0 bridgehead atoms. The summed E-state index contributed by atoms with van der Waals surface area (Å²) in [4.78, 5) is 43.6. The number of urea groups is 1. The van der Waals surface area contributed by atoms with E-state index in [0.717, 1.165) is 46.3 Å². The molecule has 1 unspecified atom stereocenters. The number of non-ortho nitro benzene ring substituents is 1. The van der Waals surface area contributed by atoms with Crippen LogP contribution in [0.2, 0.25) is 0 Å². The Labute approximate surface area is 242 Å². The number of amides is 3. The van der Waals surface area contributed by atoms with Crippen molar-refractivity contribution in [2.45, 2.75) is 33.2 Å². The van der Waals surface area contributed by atoms with E-state index >= 15 is 0 Å². The number of carbonyl (C=O) groups excluding carboxylic acids is 2. The summed E-state index contributed by atoms with van der Waals surface area (Å²) in [6.45, 7) is 6.65. The fraction of sp³-hybridized carbons (Fsp3) is 0.233. The van der Waals surface area contributed by atoms with Gasteiger partial charge in [-0.2, -0.15) is 0 Å². The number of hydrogen-bond donors (Lipinski definition) is 3. The van der Waals surface area contributed by atoms with Gasteiger partial charge in [0.1, 0.15) is 0 Å². The molecule has 3 aromatic carbocycles. The second-order valence-corrected chi connectivity index (χ2v) is 11.0. The highest BCUT2D eigenvalue weighted by Crippen LogP contribution is 2.40. The number of thioether (sulfide) groups is 1. The van der Waals surface area contributed by atoms with Gasteiger partial charge in [-0.1, -0.05) is 41.6 Å². The lowest BCUT2D eigenvalue weighted by Crippen LogP contribution is -2.43. The van der Waals surface area contributed by atoms with Gasteiger partial charge in [0, 0.05) is 41.5 Å². The number of aryl methyl sites for hydroxylation is 2. The third-order valence-corrected chi connectivity index (χ3v) is 8.03. The van der Waals surface area contributed by atoms with Crippen LogP contribution in [0, 0.1) is 24.0 Å². The zero-order valence-corrected chi connectivity index (χ0v) is 23.7. The molecule has 3 aromatic rings. The summed E-state index contributed by atoms with van der Waals surface area (Å²) in [5, 5.41) is 20.3. The van der Waals surface area contributed by atoms with Crippen LogP contribution in [-0.2, 0) is 4.79 Å². The zero-order chi connectivity index (χ0) is 29.1. The van der Waals surface area contributed by atoms with Crippen molar-refractivity contribution in [1.29, 1.82) is 0 Å². The molecule has 0 aliphatic carbocycles. The smallest absolute Gasteiger partial charge is 0.323 e. The van der Waals surface area contributed by atoms with Gasteiger partial charge >= 0.3 is 6.03 Å². The number of hydrogen-bond acceptors (Lipinski definition) is 7. The van der Waals surface area contributed by atoms with E-state index in [1.807, 2.05) is 51.1 Å². The maximum Gasteiger partial charge on any atom is 0.323 e. The molecule has 2 aliphatic heterocycles. The minimum atomic E-state index is -0.496. The SMILES string of the molecule is CC1=C(C(=O)Nc2ccc(C)cc2C)C(c2ccc(NC(=O)Nc3ccc([N+](=O)[O-])cc3)cc2)N2CCCSC2=N1. The van der Waals surface area contributed by atoms with Gasteiger partial charge < -0.3 is 20.9 Å². The van der Waals surface area contributed by atoms with E-state index in [-0.39, 0.29) is 17.6 Å². The number of allylic oxidation sites excluding steroid dienone is 1. The Hall–Kier alpha value is -4.64. The number of rotatable bonds is 6. The van der Waals surface area contributed by atoms with Crippen LogP contribution in [0.15, 0.2) is 83.0 Å². The number of nitro benzene ring substituents is 1. The van der Waals surface area contributed by atoms with Crippen LogP contribution in [-0.4, -0.2) is 39.2 Å². The molecule has 0 spiro atoms. The topological polar surface area (TPSA) is 129 Å². The molecule has 1 saturated heterocycles. The molecule has 11 heteroatoms. The molecule has 0 saturated carbocycles. The number of nitro groups is 1. The zero-order valence-electron chi connectivity index (χ0n) is 22.9. The third-order valence-electron chi connectivity index (χ3n) is 6.95. The first-order valence-electron chi connectivity index (χ1n) is 13.2. The van der Waals surface area contributed by atoms with Gasteiger partial charge in [-0.3, -0.25) is 14.9 Å². The van der Waals surface area contributed by atoms with Gasteiger partial charge in [0.15, 0.2) is 5.17 Å². The molecule has 1 atom stereocenters. The summed E-state index contributed by atoms with van der Waals surface area (Å²) in [5.41, 5.74) is 6.00. The van der Waals surface area contributed by atoms with Crippen LogP contribution in [0.3, 0.4) is 0 Å². The number of carbonyl (C=O) groups is 2. The predicted octanol–water partition coefficient (Wildman–Crippen LogP) is 6.62. The molecular formula is C30H30N6O4S. The average Bonchev–Trinajstić information content (AvgIpc) is 2.94. The van der Waals surface area contributed by atoms with Crippen molar-refractivity contribution in [3.63, 3.8) is 0 Å². The van der Waals surface area contributed by atoms with Crippen LogP contribution in [0.1, 0.15) is 36.1 Å². The second-order valence-electron chi connectivity index (χ2n) is 9.97. The fourth-order valence-corrected chi connectivity index (χ4v) is 5.98. The van der Waals surface area contributed by atoms with E-state index < -0.39 is 11.0 Å². The first-order valence-corrected chi connectivity index (χ1v) is 14.2. The standard InChI is InChI=1S/C30H30N6O4S/c1-18-5-14-25(19(2)17-18)34-28(37)26-20(3)31-30-35(15-4-16-41-30)27(26)21-6-8-22(9-7-21)32-29(38)33-23-10-12-24(13-11-23)36(39)40/h5-14,17,27H,4,15-16H2,1-3H3,(H,34,37)(H2,32,33,38). The molecule has 0 radical (unpaired) electrons. The van der Waals surface area contributed by atoms with Crippen molar-refractivity contribution in [2.75, 3.05) is 28.2 Å². The van der Waals surface area contributed by atoms with Gasteiger partial charge in [0.05, 0.1) is 22.2 Å². The van der Waals surface area contributed by atoms with Crippen LogP contribution < -0.4 is 16.0 Å².